The second kappa shape index (κ2) is 5.98. The largest absolute Gasteiger partial charge is 0.468 e. The SMILES string of the molecule is Br.COC(=O)Cn1cc(Br)ccc1=N. The first kappa shape index (κ1) is 13.4. The summed E-state index contributed by atoms with van der Waals surface area (Å²) in [6.45, 7) is 0.0643. The minimum Gasteiger partial charge on any atom is -0.468 e. The number of nitrogens with zero attached hydrogens (tertiary/aromatic N) is 1. The van der Waals surface area contributed by atoms with Gasteiger partial charge < -0.3 is 9.30 Å². The molecule has 0 unspecified atom stereocenters. The molecule has 4 nitrogen and oxygen atoms in total. The fourth-order valence-electron chi connectivity index (χ4n) is 0.850. The first-order valence-corrected chi connectivity index (χ1v) is 4.40. The molecule has 1 rings (SSSR count). The summed E-state index contributed by atoms with van der Waals surface area (Å²) in [7, 11) is 1.32. The smallest absolute Gasteiger partial charge is 0.325 e. The third-order valence-electron chi connectivity index (χ3n) is 1.52. The molecule has 14 heavy (non-hydrogen) atoms. The molecule has 0 fully saturated rings. The molecule has 0 aliphatic rings. The molecule has 0 atom stereocenters. The van der Waals surface area contributed by atoms with E-state index in [1.54, 1.807) is 18.3 Å². The average molecular weight is 326 g/mol. The lowest BCUT2D eigenvalue weighted by Crippen LogP contribution is -2.23. The van der Waals surface area contributed by atoms with Gasteiger partial charge in [-0.25, -0.2) is 0 Å². The Hall–Kier alpha value is -0.620. The summed E-state index contributed by atoms with van der Waals surface area (Å²) in [6.07, 6.45) is 1.67. The second-order valence-corrected chi connectivity index (χ2v) is 3.35. The van der Waals surface area contributed by atoms with Crippen molar-refractivity contribution in [2.45, 2.75) is 6.54 Å². The van der Waals surface area contributed by atoms with Crippen LogP contribution in [0.1, 0.15) is 0 Å². The van der Waals surface area contributed by atoms with Gasteiger partial charge in [0.05, 0.1) is 7.11 Å². The highest BCUT2D eigenvalue weighted by Gasteiger charge is 2.01. The van der Waals surface area contributed by atoms with Crippen molar-refractivity contribution in [3.8, 4) is 0 Å². The van der Waals surface area contributed by atoms with E-state index in [2.05, 4.69) is 20.7 Å². The Morgan fingerprint density at radius 1 is 1.64 bits per heavy atom. The Bertz CT molecular complexity index is 376. The summed E-state index contributed by atoms with van der Waals surface area (Å²) < 4.78 is 6.81. The molecule has 1 heterocycles. The van der Waals surface area contributed by atoms with E-state index in [1.165, 1.54) is 11.7 Å². The molecule has 0 bridgehead atoms. The van der Waals surface area contributed by atoms with Crippen molar-refractivity contribution in [1.82, 2.24) is 4.57 Å². The van der Waals surface area contributed by atoms with Crippen LogP contribution in [0, 0.1) is 5.41 Å². The topological polar surface area (TPSA) is 55.1 Å². The quantitative estimate of drug-likeness (QED) is 0.837. The van der Waals surface area contributed by atoms with Gasteiger partial charge in [-0.1, -0.05) is 0 Å². The van der Waals surface area contributed by atoms with Gasteiger partial charge in [0, 0.05) is 10.7 Å². The van der Waals surface area contributed by atoms with Crippen LogP contribution in [-0.4, -0.2) is 17.6 Å². The Labute approximate surface area is 100 Å². The minimum absolute atomic E-state index is 0. The number of aromatic nitrogens is 1. The summed E-state index contributed by atoms with van der Waals surface area (Å²) >= 11 is 3.25. The predicted octanol–water partition coefficient (Wildman–Crippen LogP) is 1.48. The van der Waals surface area contributed by atoms with Crippen molar-refractivity contribution in [2.75, 3.05) is 7.11 Å². The van der Waals surface area contributed by atoms with E-state index in [1.807, 2.05) is 0 Å². The van der Waals surface area contributed by atoms with Crippen LogP contribution in [0.3, 0.4) is 0 Å². The fourth-order valence-corrected chi connectivity index (χ4v) is 1.23. The Morgan fingerprint density at radius 3 is 2.86 bits per heavy atom. The molecule has 0 amide bonds. The third-order valence-corrected chi connectivity index (χ3v) is 1.99. The van der Waals surface area contributed by atoms with E-state index in [0.717, 1.165) is 4.47 Å². The number of hydrogen-bond donors (Lipinski definition) is 1. The predicted molar refractivity (Wildman–Crippen MR) is 60.3 cm³/mol. The highest BCUT2D eigenvalue weighted by molar-refractivity contribution is 9.10. The Balaban J connectivity index is 0.00000169. The summed E-state index contributed by atoms with van der Waals surface area (Å²) in [5.41, 5.74) is 0.272. The monoisotopic (exact) mass is 324 g/mol. The van der Waals surface area contributed by atoms with Gasteiger partial charge in [0.15, 0.2) is 0 Å². The van der Waals surface area contributed by atoms with Gasteiger partial charge in [0.1, 0.15) is 12.0 Å². The van der Waals surface area contributed by atoms with E-state index in [9.17, 15) is 4.79 Å². The Morgan fingerprint density at radius 2 is 2.29 bits per heavy atom. The van der Waals surface area contributed by atoms with Crippen LogP contribution in [0.2, 0.25) is 0 Å². The Kier molecular flexibility index (Phi) is 5.71. The number of hydrogen-bond acceptors (Lipinski definition) is 3. The van der Waals surface area contributed by atoms with Crippen molar-refractivity contribution < 1.29 is 9.53 Å². The van der Waals surface area contributed by atoms with Crippen LogP contribution in [0.25, 0.3) is 0 Å². The zero-order valence-corrected chi connectivity index (χ0v) is 10.8. The number of nitrogens with one attached hydrogen (secondary N) is 1. The van der Waals surface area contributed by atoms with Crippen molar-refractivity contribution in [1.29, 1.82) is 5.41 Å². The zero-order valence-electron chi connectivity index (χ0n) is 7.49. The lowest BCUT2D eigenvalue weighted by Gasteiger charge is -2.04. The van der Waals surface area contributed by atoms with Gasteiger partial charge in [0.25, 0.3) is 0 Å². The molecular formula is C8H10Br2N2O2. The molecule has 1 N–H and O–H groups in total. The summed E-state index contributed by atoms with van der Waals surface area (Å²) in [4.78, 5) is 10.9. The molecule has 0 radical (unpaired) electrons. The lowest BCUT2D eigenvalue weighted by atomic mass is 10.4. The standard InChI is InChI=1S/C8H9BrN2O2.BrH/c1-13-8(12)5-11-4-6(9)2-3-7(11)10;/h2-4,10H,5H2,1H3;1H. The van der Waals surface area contributed by atoms with E-state index < -0.39 is 0 Å². The number of carbonyl (C=O) groups excluding carboxylic acids is 1. The van der Waals surface area contributed by atoms with Crippen molar-refractivity contribution in [3.63, 3.8) is 0 Å². The number of pyridine rings is 1. The summed E-state index contributed by atoms with van der Waals surface area (Å²) in [5.74, 6) is -0.364. The molecule has 0 aliphatic carbocycles. The normalized spacial score (nSPS) is 9.00. The highest BCUT2D eigenvalue weighted by Crippen LogP contribution is 2.04. The van der Waals surface area contributed by atoms with Crippen molar-refractivity contribution in [2.24, 2.45) is 0 Å². The van der Waals surface area contributed by atoms with Crippen molar-refractivity contribution >= 4 is 38.9 Å². The van der Waals surface area contributed by atoms with Crippen LogP contribution in [0.15, 0.2) is 22.8 Å². The maximum absolute atomic E-state index is 10.9. The van der Waals surface area contributed by atoms with Gasteiger partial charge >= 0.3 is 5.97 Å². The van der Waals surface area contributed by atoms with E-state index in [4.69, 9.17) is 5.41 Å². The highest BCUT2D eigenvalue weighted by atomic mass is 79.9. The average Bonchev–Trinajstić information content (AvgIpc) is 2.11. The zero-order chi connectivity index (χ0) is 9.84. The summed E-state index contributed by atoms with van der Waals surface area (Å²) in [5, 5.41) is 7.47. The maximum Gasteiger partial charge on any atom is 0.325 e. The molecule has 0 spiro atoms. The lowest BCUT2D eigenvalue weighted by molar-refractivity contribution is -0.141. The molecule has 0 saturated carbocycles. The third kappa shape index (κ3) is 3.63. The minimum atomic E-state index is -0.364. The molecule has 1 aromatic heterocycles. The second-order valence-electron chi connectivity index (χ2n) is 2.44. The van der Waals surface area contributed by atoms with Crippen molar-refractivity contribution in [3.05, 3.63) is 28.3 Å². The number of rotatable bonds is 2. The van der Waals surface area contributed by atoms with Gasteiger partial charge in [-0.05, 0) is 28.1 Å². The molecular weight excluding hydrogens is 316 g/mol. The number of carbonyl (C=O) groups is 1. The first-order valence-electron chi connectivity index (χ1n) is 3.61. The van der Waals surface area contributed by atoms with Crippen LogP contribution in [0.4, 0.5) is 0 Å². The maximum atomic E-state index is 10.9. The number of ether oxygens (including phenoxy) is 1. The summed E-state index contributed by atoms with van der Waals surface area (Å²) in [6, 6.07) is 3.35. The molecule has 0 aromatic carbocycles. The van der Waals surface area contributed by atoms with Crippen LogP contribution in [0.5, 0.6) is 0 Å². The fraction of sp³-hybridized carbons (Fsp3) is 0.250. The van der Waals surface area contributed by atoms with Crippen LogP contribution >= 0.6 is 32.9 Å². The number of esters is 1. The van der Waals surface area contributed by atoms with Gasteiger partial charge in [-0.3, -0.25) is 10.2 Å². The van der Waals surface area contributed by atoms with Crippen LogP contribution < -0.4 is 5.49 Å². The van der Waals surface area contributed by atoms with Gasteiger partial charge in [-0.2, -0.15) is 0 Å². The van der Waals surface area contributed by atoms with E-state index >= 15 is 0 Å². The molecule has 0 saturated heterocycles. The molecule has 1 aromatic rings. The molecule has 6 heteroatoms. The number of halogens is 2. The van der Waals surface area contributed by atoms with E-state index in [-0.39, 0.29) is 35.0 Å². The van der Waals surface area contributed by atoms with Gasteiger partial charge in [-0.15, -0.1) is 17.0 Å². The van der Waals surface area contributed by atoms with E-state index in [0.29, 0.717) is 0 Å². The van der Waals surface area contributed by atoms with Gasteiger partial charge in [0.2, 0.25) is 0 Å². The first-order chi connectivity index (χ1) is 6.13. The number of methoxy groups -OCH3 is 1. The molecule has 78 valence electrons. The van der Waals surface area contributed by atoms with Crippen LogP contribution in [-0.2, 0) is 16.1 Å². The molecule has 0 aliphatic heterocycles.